The highest BCUT2D eigenvalue weighted by molar-refractivity contribution is 6.29. The number of pyridine rings is 1. The zero-order valence-electron chi connectivity index (χ0n) is 19.6. The number of hydrogen-bond donors (Lipinski definition) is 2. The van der Waals surface area contributed by atoms with Crippen LogP contribution in [0, 0.1) is 10.1 Å². The summed E-state index contributed by atoms with van der Waals surface area (Å²) in [6.07, 6.45) is 3.15. The smallest absolute Gasteiger partial charge is 0.320 e. The minimum Gasteiger partial charge on any atom is -0.466 e. The number of aromatic nitrogens is 1. The third-order valence-electron chi connectivity index (χ3n) is 5.45. The minimum absolute atomic E-state index is 0.0867. The van der Waals surface area contributed by atoms with Gasteiger partial charge in [0, 0.05) is 26.6 Å². The van der Waals surface area contributed by atoms with Crippen molar-refractivity contribution < 1.29 is 23.7 Å². The Morgan fingerprint density at radius 3 is 2.71 bits per heavy atom. The first-order valence-electron chi connectivity index (χ1n) is 10.8. The van der Waals surface area contributed by atoms with Gasteiger partial charge in [0.1, 0.15) is 24.1 Å². The van der Waals surface area contributed by atoms with Gasteiger partial charge in [-0.25, -0.2) is 9.88 Å². The fourth-order valence-electron chi connectivity index (χ4n) is 3.92. The van der Waals surface area contributed by atoms with Crippen molar-refractivity contribution >= 4 is 23.5 Å². The van der Waals surface area contributed by atoms with Crippen LogP contribution in [0.5, 0.6) is 0 Å². The van der Waals surface area contributed by atoms with Gasteiger partial charge in [-0.2, -0.15) is 0 Å². The highest BCUT2D eigenvalue weighted by Gasteiger charge is 2.50. The Hall–Kier alpha value is -3.48. The number of carbonyl (C=O) groups excluding carboxylic acids is 2. The van der Waals surface area contributed by atoms with Gasteiger partial charge >= 0.3 is 5.97 Å². The van der Waals surface area contributed by atoms with Crippen LogP contribution in [0.3, 0.4) is 0 Å². The second kappa shape index (κ2) is 11.3. The predicted molar refractivity (Wildman–Crippen MR) is 125 cm³/mol. The van der Waals surface area contributed by atoms with E-state index in [4.69, 9.17) is 20.8 Å². The van der Waals surface area contributed by atoms with E-state index < -0.39 is 22.7 Å². The largest absolute Gasteiger partial charge is 0.466 e. The topological polar surface area (TPSA) is 143 Å². The number of nitro groups is 1. The van der Waals surface area contributed by atoms with E-state index in [1.54, 1.807) is 36.2 Å². The van der Waals surface area contributed by atoms with Crippen LogP contribution in [0.1, 0.15) is 25.2 Å². The molecule has 0 spiro atoms. The molecule has 1 aliphatic rings. The number of likely N-dealkylation sites (N-methyl/N-ethyl adjacent to an activating group) is 1. The monoisotopic (exact) mass is 506 g/mol. The Bertz CT molecular complexity index is 1090. The maximum atomic E-state index is 12.7. The normalized spacial score (nSPS) is 18.5. The maximum absolute atomic E-state index is 12.7. The molecule has 3 heterocycles. The molecule has 35 heavy (non-hydrogen) atoms. The summed E-state index contributed by atoms with van der Waals surface area (Å²) in [5, 5.41) is 18.4. The van der Waals surface area contributed by atoms with Gasteiger partial charge in [-0.15, -0.1) is 0 Å². The van der Waals surface area contributed by atoms with Gasteiger partial charge in [-0.05, 0) is 30.3 Å². The molecule has 0 saturated heterocycles. The first-order valence-corrected chi connectivity index (χ1v) is 11.2. The number of hydrogen-bond acceptors (Lipinski definition) is 10. The van der Waals surface area contributed by atoms with Gasteiger partial charge in [-0.3, -0.25) is 25.0 Å². The number of amides is 1. The average molecular weight is 507 g/mol. The van der Waals surface area contributed by atoms with Crippen molar-refractivity contribution in [2.45, 2.75) is 32.8 Å². The van der Waals surface area contributed by atoms with Crippen LogP contribution in [-0.4, -0.2) is 64.2 Å². The fraction of sp³-hybridized carbons (Fsp3) is 0.409. The van der Waals surface area contributed by atoms with Gasteiger partial charge < -0.3 is 19.4 Å². The Morgan fingerprint density at radius 2 is 2.14 bits per heavy atom. The standard InChI is InChI=1S/C22H27ClN6O6/c1-4-25-22(26-15(2)30)27(3)18(10-16-7-8-20(23)24-11-16)19(29(32)33)12-28(22)13-21(31)35-14-17-6-5-9-34-17/h5-9,11,25H,4,10,12-14H2,1-3H3,(H,26,30). The molecule has 0 bridgehead atoms. The Kier molecular flexibility index (Phi) is 8.43. The van der Waals surface area contributed by atoms with Crippen LogP contribution in [0.2, 0.25) is 5.15 Å². The van der Waals surface area contributed by atoms with E-state index in [-0.39, 0.29) is 31.8 Å². The summed E-state index contributed by atoms with van der Waals surface area (Å²) in [6, 6.07) is 6.65. The highest BCUT2D eigenvalue weighted by Crippen LogP contribution is 2.30. The Balaban J connectivity index is 1.97. The van der Waals surface area contributed by atoms with Crippen LogP contribution in [-0.2, 0) is 27.4 Å². The number of nitrogens with one attached hydrogen (secondary N) is 2. The Labute approximate surface area is 207 Å². The lowest BCUT2D eigenvalue weighted by Gasteiger charge is -2.52. The lowest BCUT2D eigenvalue weighted by Crippen LogP contribution is -2.78. The molecule has 188 valence electrons. The van der Waals surface area contributed by atoms with E-state index in [2.05, 4.69) is 15.6 Å². The third-order valence-corrected chi connectivity index (χ3v) is 5.67. The van der Waals surface area contributed by atoms with Gasteiger partial charge in [0.25, 0.3) is 5.70 Å². The second-order valence-corrected chi connectivity index (χ2v) is 8.24. The molecule has 12 nitrogen and oxygen atoms in total. The molecule has 1 unspecified atom stereocenters. The molecule has 3 rings (SSSR count). The van der Waals surface area contributed by atoms with Crippen LogP contribution < -0.4 is 10.6 Å². The molecule has 1 atom stereocenters. The molecular formula is C22H27ClN6O6. The Morgan fingerprint density at radius 1 is 1.37 bits per heavy atom. The summed E-state index contributed by atoms with van der Waals surface area (Å²) in [5.41, 5.74) is 0.907. The van der Waals surface area contributed by atoms with E-state index in [1.807, 2.05) is 6.92 Å². The molecule has 0 aliphatic carbocycles. The van der Waals surface area contributed by atoms with Crippen LogP contribution in [0.15, 0.2) is 52.5 Å². The number of nitrogens with zero attached hydrogens (tertiary/aromatic N) is 4. The summed E-state index contributed by atoms with van der Waals surface area (Å²) in [4.78, 5) is 43.6. The number of furan rings is 1. The van der Waals surface area contributed by atoms with Crippen molar-refractivity contribution in [1.29, 1.82) is 0 Å². The van der Waals surface area contributed by atoms with E-state index >= 15 is 0 Å². The summed E-state index contributed by atoms with van der Waals surface area (Å²) in [5.74, 6) is -2.02. The maximum Gasteiger partial charge on any atom is 0.320 e. The minimum atomic E-state index is -1.43. The summed E-state index contributed by atoms with van der Waals surface area (Å²) >= 11 is 5.88. The number of allylic oxidation sites excluding steroid dienone is 1. The third kappa shape index (κ3) is 6.15. The van der Waals surface area contributed by atoms with Crippen molar-refractivity contribution in [3.05, 3.63) is 74.7 Å². The van der Waals surface area contributed by atoms with Crippen molar-refractivity contribution in [3.8, 4) is 0 Å². The number of halogens is 1. The van der Waals surface area contributed by atoms with Crippen molar-refractivity contribution in [2.75, 3.05) is 26.7 Å². The first kappa shape index (κ1) is 26.1. The van der Waals surface area contributed by atoms with Gasteiger partial charge in [0.2, 0.25) is 11.8 Å². The van der Waals surface area contributed by atoms with Crippen LogP contribution in [0.4, 0.5) is 0 Å². The quantitative estimate of drug-likeness (QED) is 0.161. The first-order chi connectivity index (χ1) is 16.7. The van der Waals surface area contributed by atoms with E-state index in [1.165, 1.54) is 24.3 Å². The second-order valence-electron chi connectivity index (χ2n) is 7.86. The van der Waals surface area contributed by atoms with Crippen molar-refractivity contribution in [1.82, 2.24) is 25.4 Å². The molecule has 0 radical (unpaired) electrons. The molecule has 2 N–H and O–H groups in total. The highest BCUT2D eigenvalue weighted by atomic mass is 35.5. The molecular weight excluding hydrogens is 480 g/mol. The van der Waals surface area contributed by atoms with Gasteiger partial charge in [-0.1, -0.05) is 24.6 Å². The number of esters is 1. The van der Waals surface area contributed by atoms with E-state index in [0.717, 1.165) is 0 Å². The molecule has 0 aromatic carbocycles. The average Bonchev–Trinajstić information content (AvgIpc) is 3.32. The van der Waals surface area contributed by atoms with Gasteiger partial charge in [0.05, 0.1) is 23.4 Å². The molecule has 0 saturated carbocycles. The van der Waals surface area contributed by atoms with Crippen LogP contribution >= 0.6 is 11.6 Å². The zero-order valence-corrected chi connectivity index (χ0v) is 20.4. The van der Waals surface area contributed by atoms with E-state index in [0.29, 0.717) is 28.7 Å². The number of carbonyl (C=O) groups is 2. The molecule has 2 aromatic heterocycles. The van der Waals surface area contributed by atoms with Crippen molar-refractivity contribution in [3.63, 3.8) is 0 Å². The summed E-state index contributed by atoms with van der Waals surface area (Å²) in [6.45, 7) is 2.86. The molecule has 1 aliphatic heterocycles. The predicted octanol–water partition coefficient (Wildman–Crippen LogP) is 1.71. The molecule has 2 aromatic rings. The number of ether oxygens (including phenoxy) is 1. The SMILES string of the molecule is CCNC1(NC(C)=O)N(CC(=O)OCc2ccco2)CC([N+](=O)[O-])=C(Cc2ccc(Cl)nc2)N1C. The summed E-state index contributed by atoms with van der Waals surface area (Å²) < 4.78 is 10.5. The van der Waals surface area contributed by atoms with Crippen LogP contribution in [0.25, 0.3) is 0 Å². The lowest BCUT2D eigenvalue weighted by atomic mass is 10.1. The van der Waals surface area contributed by atoms with E-state index in [9.17, 15) is 19.7 Å². The van der Waals surface area contributed by atoms with Crippen molar-refractivity contribution in [2.24, 2.45) is 0 Å². The lowest BCUT2D eigenvalue weighted by molar-refractivity contribution is -0.435. The molecule has 1 amide bonds. The number of rotatable bonds is 10. The fourth-order valence-corrected chi connectivity index (χ4v) is 4.03. The summed E-state index contributed by atoms with van der Waals surface area (Å²) in [7, 11) is 1.61. The molecule has 0 fully saturated rings. The molecule has 13 heteroatoms. The zero-order chi connectivity index (χ0) is 25.6. The van der Waals surface area contributed by atoms with Gasteiger partial charge in [0.15, 0.2) is 0 Å².